The number of hydrogen-bond acceptors (Lipinski definition) is 5. The zero-order valence-electron chi connectivity index (χ0n) is 10.1. The molecule has 2 heterocycles. The molecule has 2 rings (SSSR count). The number of nitrogens with zero attached hydrogens (tertiary/aromatic N) is 1. The molecule has 6 nitrogen and oxygen atoms in total. The molecule has 102 valence electrons. The Kier molecular flexibility index (Phi) is 3.79. The first-order valence-electron chi connectivity index (χ1n) is 5.34. The van der Waals surface area contributed by atoms with Gasteiger partial charge in [0.1, 0.15) is 5.76 Å². The van der Waals surface area contributed by atoms with Crippen LogP contribution in [-0.4, -0.2) is 13.4 Å². The summed E-state index contributed by atoms with van der Waals surface area (Å²) in [5.41, 5.74) is 1.61. The summed E-state index contributed by atoms with van der Waals surface area (Å²) in [5, 5.41) is 8.07. The van der Waals surface area contributed by atoms with Crippen LogP contribution in [0.2, 0.25) is 5.15 Å². The van der Waals surface area contributed by atoms with Crippen molar-refractivity contribution >= 4 is 27.3 Å². The van der Waals surface area contributed by atoms with Crippen LogP contribution in [0.4, 0.5) is 5.69 Å². The van der Waals surface area contributed by atoms with Gasteiger partial charge in [0, 0.05) is 6.20 Å². The Hall–Kier alpha value is -1.57. The predicted molar refractivity (Wildman–Crippen MR) is 71.4 cm³/mol. The van der Waals surface area contributed by atoms with Gasteiger partial charge in [-0.3, -0.25) is 0 Å². The van der Waals surface area contributed by atoms with E-state index in [1.165, 1.54) is 12.1 Å². The van der Waals surface area contributed by atoms with Crippen molar-refractivity contribution in [2.45, 2.75) is 18.6 Å². The molecule has 0 radical (unpaired) electrons. The van der Waals surface area contributed by atoms with E-state index in [1.54, 1.807) is 6.20 Å². The number of anilines is 1. The molecular formula is C11H12ClN3O3S. The van der Waals surface area contributed by atoms with Crippen LogP contribution in [0.5, 0.6) is 0 Å². The number of nitrogens with one attached hydrogen (secondary N) is 1. The average molecular weight is 302 g/mol. The molecule has 0 aliphatic heterocycles. The number of primary sulfonamides is 1. The van der Waals surface area contributed by atoms with Crippen LogP contribution in [0.3, 0.4) is 0 Å². The number of pyridine rings is 1. The third-order valence-corrected chi connectivity index (χ3v) is 3.54. The molecule has 0 saturated carbocycles. The van der Waals surface area contributed by atoms with Gasteiger partial charge in [-0.15, -0.1) is 0 Å². The minimum absolute atomic E-state index is 0.265. The summed E-state index contributed by atoms with van der Waals surface area (Å²) >= 11 is 5.95. The first-order chi connectivity index (χ1) is 8.88. The second-order valence-corrected chi connectivity index (χ2v) is 5.76. The minimum atomic E-state index is -3.81. The van der Waals surface area contributed by atoms with Gasteiger partial charge in [0.25, 0.3) is 10.0 Å². The molecule has 0 fully saturated rings. The van der Waals surface area contributed by atoms with Crippen LogP contribution in [-0.2, 0) is 16.6 Å². The Balaban J connectivity index is 2.13. The molecule has 0 aliphatic carbocycles. The zero-order chi connectivity index (χ0) is 14.0. The molecule has 0 spiro atoms. The molecule has 0 aromatic carbocycles. The molecule has 0 bridgehead atoms. The van der Waals surface area contributed by atoms with Crippen molar-refractivity contribution in [3.05, 3.63) is 40.9 Å². The molecule has 2 aromatic heterocycles. The van der Waals surface area contributed by atoms with E-state index in [0.717, 1.165) is 5.56 Å². The van der Waals surface area contributed by atoms with Crippen LogP contribution in [0, 0.1) is 6.92 Å². The monoisotopic (exact) mass is 301 g/mol. The van der Waals surface area contributed by atoms with Crippen molar-refractivity contribution < 1.29 is 12.8 Å². The van der Waals surface area contributed by atoms with Crippen LogP contribution in [0.1, 0.15) is 11.3 Å². The lowest BCUT2D eigenvalue weighted by molar-refractivity contribution is 0.419. The SMILES string of the molecule is Cc1ccnc(Cl)c1NCc1ccc(S(N)(=O)=O)o1. The van der Waals surface area contributed by atoms with Crippen LogP contribution < -0.4 is 10.5 Å². The highest BCUT2D eigenvalue weighted by molar-refractivity contribution is 7.89. The summed E-state index contributed by atoms with van der Waals surface area (Å²) in [5.74, 6) is 0.434. The van der Waals surface area contributed by atoms with Crippen LogP contribution >= 0.6 is 11.6 Å². The number of furan rings is 1. The number of aryl methyl sites for hydroxylation is 1. The molecule has 0 saturated heterocycles. The van der Waals surface area contributed by atoms with Gasteiger partial charge >= 0.3 is 0 Å². The summed E-state index contributed by atoms with van der Waals surface area (Å²) in [6.45, 7) is 2.16. The lowest BCUT2D eigenvalue weighted by Gasteiger charge is -2.08. The highest BCUT2D eigenvalue weighted by Gasteiger charge is 2.13. The van der Waals surface area contributed by atoms with Crippen LogP contribution in [0.15, 0.2) is 33.9 Å². The van der Waals surface area contributed by atoms with Gasteiger partial charge in [0.15, 0.2) is 5.15 Å². The summed E-state index contributed by atoms with van der Waals surface area (Å²) in [6.07, 6.45) is 1.61. The van der Waals surface area contributed by atoms with Gasteiger partial charge in [-0.25, -0.2) is 18.5 Å². The second-order valence-electron chi connectivity index (χ2n) is 3.91. The van der Waals surface area contributed by atoms with E-state index in [2.05, 4.69) is 10.3 Å². The van der Waals surface area contributed by atoms with E-state index in [0.29, 0.717) is 16.6 Å². The summed E-state index contributed by atoms with van der Waals surface area (Å²) in [6, 6.07) is 4.66. The predicted octanol–water partition coefficient (Wildman–Crippen LogP) is 1.90. The Morgan fingerprint density at radius 2 is 2.16 bits per heavy atom. The van der Waals surface area contributed by atoms with Gasteiger partial charge in [0.05, 0.1) is 12.2 Å². The van der Waals surface area contributed by atoms with E-state index in [1.807, 2.05) is 13.0 Å². The van der Waals surface area contributed by atoms with Gasteiger partial charge in [-0.05, 0) is 30.7 Å². The van der Waals surface area contributed by atoms with Gasteiger partial charge in [-0.1, -0.05) is 11.6 Å². The molecule has 19 heavy (non-hydrogen) atoms. The molecule has 8 heteroatoms. The van der Waals surface area contributed by atoms with E-state index in [-0.39, 0.29) is 11.6 Å². The largest absolute Gasteiger partial charge is 0.446 e. The van der Waals surface area contributed by atoms with Crippen molar-refractivity contribution in [2.75, 3.05) is 5.32 Å². The van der Waals surface area contributed by atoms with Crippen molar-refractivity contribution in [2.24, 2.45) is 5.14 Å². The molecule has 0 atom stereocenters. The highest BCUT2D eigenvalue weighted by atomic mass is 35.5. The maximum Gasteiger partial charge on any atom is 0.271 e. The average Bonchev–Trinajstić information content (AvgIpc) is 2.77. The molecule has 0 unspecified atom stereocenters. The highest BCUT2D eigenvalue weighted by Crippen LogP contribution is 2.23. The quantitative estimate of drug-likeness (QED) is 0.840. The fourth-order valence-electron chi connectivity index (χ4n) is 1.52. The lowest BCUT2D eigenvalue weighted by atomic mass is 10.2. The summed E-state index contributed by atoms with van der Waals surface area (Å²) in [4.78, 5) is 3.95. The van der Waals surface area contributed by atoms with Gasteiger partial charge in [-0.2, -0.15) is 0 Å². The topological polar surface area (TPSA) is 98.2 Å². The Labute approximate surface area is 115 Å². The molecule has 0 amide bonds. The zero-order valence-corrected chi connectivity index (χ0v) is 11.6. The van der Waals surface area contributed by atoms with E-state index in [4.69, 9.17) is 21.2 Å². The number of halogens is 1. The maximum atomic E-state index is 11.1. The normalized spacial score (nSPS) is 11.5. The lowest BCUT2D eigenvalue weighted by Crippen LogP contribution is -2.10. The fraction of sp³-hybridized carbons (Fsp3) is 0.182. The number of aromatic nitrogens is 1. The van der Waals surface area contributed by atoms with Crippen molar-refractivity contribution in [3.8, 4) is 0 Å². The first-order valence-corrected chi connectivity index (χ1v) is 7.27. The third-order valence-electron chi connectivity index (χ3n) is 2.47. The van der Waals surface area contributed by atoms with Gasteiger partial charge < -0.3 is 9.73 Å². The molecule has 2 aromatic rings. The smallest absolute Gasteiger partial charge is 0.271 e. The van der Waals surface area contributed by atoms with Crippen molar-refractivity contribution in [1.82, 2.24) is 4.98 Å². The number of sulfonamides is 1. The molecule has 3 N–H and O–H groups in total. The summed E-state index contributed by atoms with van der Waals surface area (Å²) < 4.78 is 27.2. The van der Waals surface area contributed by atoms with Gasteiger partial charge in [0.2, 0.25) is 5.09 Å². The standard InChI is InChI=1S/C11H12ClN3O3S/c1-7-4-5-14-11(12)10(7)15-6-8-2-3-9(18-8)19(13,16)17/h2-5,15H,6H2,1H3,(H2,13,16,17). The van der Waals surface area contributed by atoms with E-state index >= 15 is 0 Å². The fourth-order valence-corrected chi connectivity index (χ4v) is 2.27. The number of hydrogen-bond donors (Lipinski definition) is 2. The minimum Gasteiger partial charge on any atom is -0.446 e. The number of nitrogens with two attached hydrogens (primary N) is 1. The number of rotatable bonds is 4. The van der Waals surface area contributed by atoms with Crippen LogP contribution in [0.25, 0.3) is 0 Å². The Morgan fingerprint density at radius 3 is 2.74 bits per heavy atom. The Bertz CT molecular complexity index is 677. The van der Waals surface area contributed by atoms with Crippen molar-refractivity contribution in [3.63, 3.8) is 0 Å². The summed E-state index contributed by atoms with van der Waals surface area (Å²) in [7, 11) is -3.81. The van der Waals surface area contributed by atoms with E-state index in [9.17, 15) is 8.42 Å². The second kappa shape index (κ2) is 5.20. The van der Waals surface area contributed by atoms with Crippen molar-refractivity contribution in [1.29, 1.82) is 0 Å². The molecule has 0 aliphatic rings. The Morgan fingerprint density at radius 1 is 1.42 bits per heavy atom. The molecular weight excluding hydrogens is 290 g/mol. The maximum absolute atomic E-state index is 11.1. The van der Waals surface area contributed by atoms with E-state index < -0.39 is 10.0 Å². The third kappa shape index (κ3) is 3.25. The first kappa shape index (κ1) is 13.9.